The van der Waals surface area contributed by atoms with Crippen molar-refractivity contribution in [2.45, 2.75) is 52.1 Å². The van der Waals surface area contributed by atoms with Crippen LogP contribution >= 0.6 is 38.5 Å². The van der Waals surface area contributed by atoms with Crippen LogP contribution in [0.2, 0.25) is 0 Å². The SMILES string of the molecule is CCOP(C)(=O)C(CCc1cc(C)nc2c(Br)c(C)nn12)(P(=O)(O)O)P(=O)(OCC)OCC. The summed E-state index contributed by atoms with van der Waals surface area (Å²) in [5, 5.41) is 4.43. The molecule has 0 saturated heterocycles. The van der Waals surface area contributed by atoms with Gasteiger partial charge in [0.05, 0.1) is 30.0 Å². The van der Waals surface area contributed by atoms with Crippen molar-refractivity contribution in [1.82, 2.24) is 14.6 Å². The van der Waals surface area contributed by atoms with Crippen LogP contribution in [0.15, 0.2) is 10.5 Å². The summed E-state index contributed by atoms with van der Waals surface area (Å²) in [4.78, 5) is 25.6. The van der Waals surface area contributed by atoms with Gasteiger partial charge in [0, 0.05) is 18.1 Å². The summed E-state index contributed by atoms with van der Waals surface area (Å²) in [5.41, 5.74) is 2.36. The topological polar surface area (TPSA) is 150 Å². The molecular formula is C18H31BrN3O8P3. The van der Waals surface area contributed by atoms with Crippen molar-refractivity contribution in [3.63, 3.8) is 0 Å². The maximum atomic E-state index is 14.0. The van der Waals surface area contributed by atoms with E-state index in [-0.39, 0.29) is 26.2 Å². The van der Waals surface area contributed by atoms with Crippen LogP contribution in [0.5, 0.6) is 0 Å². The van der Waals surface area contributed by atoms with Gasteiger partial charge in [-0.3, -0.25) is 13.7 Å². The molecule has 0 radical (unpaired) electrons. The van der Waals surface area contributed by atoms with Crippen molar-refractivity contribution >= 4 is 44.1 Å². The minimum absolute atomic E-state index is 0.0619. The zero-order valence-electron chi connectivity index (χ0n) is 19.5. The number of rotatable bonds is 12. The molecule has 2 aromatic rings. The maximum absolute atomic E-state index is 14.0. The molecule has 2 rings (SSSR count). The molecule has 11 nitrogen and oxygen atoms in total. The standard InChI is InChI=1S/C18H31BrN3O8P3/c1-7-28-31(6,23)18(32(24,25)26,33(27,29-8-2)30-9-3)11-10-15-12-13(4)20-17-16(19)14(5)21-22(15)17/h12H,7-11H2,1-6H3,(H2,24,25,26). The van der Waals surface area contributed by atoms with Gasteiger partial charge in [-0.25, -0.2) is 9.50 Å². The van der Waals surface area contributed by atoms with E-state index in [0.29, 0.717) is 27.2 Å². The Kier molecular flexibility index (Phi) is 9.34. The second kappa shape index (κ2) is 10.7. The molecule has 2 heterocycles. The molecule has 0 aliphatic heterocycles. The highest BCUT2D eigenvalue weighted by Crippen LogP contribution is 2.88. The van der Waals surface area contributed by atoms with Crippen LogP contribution in [0, 0.1) is 13.8 Å². The lowest BCUT2D eigenvalue weighted by molar-refractivity contribution is 0.204. The monoisotopic (exact) mass is 589 g/mol. The lowest BCUT2D eigenvalue weighted by atomic mass is 10.2. The Bertz CT molecular complexity index is 1140. The van der Waals surface area contributed by atoms with Crippen LogP contribution in [0.1, 0.15) is 44.3 Å². The van der Waals surface area contributed by atoms with Crippen molar-refractivity contribution in [1.29, 1.82) is 0 Å². The molecule has 2 aromatic heterocycles. The predicted octanol–water partition coefficient (Wildman–Crippen LogP) is 5.08. The molecule has 0 saturated carbocycles. The van der Waals surface area contributed by atoms with Gasteiger partial charge in [-0.1, -0.05) is 0 Å². The normalized spacial score (nSPS) is 16.6. The van der Waals surface area contributed by atoms with Gasteiger partial charge in [-0.2, -0.15) is 5.10 Å². The van der Waals surface area contributed by atoms with E-state index in [9.17, 15) is 23.5 Å². The second-order valence-corrected chi connectivity index (χ2v) is 16.1. The summed E-state index contributed by atoms with van der Waals surface area (Å²) in [6, 6.07) is 1.70. The van der Waals surface area contributed by atoms with Crippen molar-refractivity contribution in [3.05, 3.63) is 27.6 Å². The molecule has 2 atom stereocenters. The van der Waals surface area contributed by atoms with Gasteiger partial charge in [0.25, 0.3) is 0 Å². The van der Waals surface area contributed by atoms with Crippen LogP contribution < -0.4 is 0 Å². The number of aryl methyl sites for hydroxylation is 3. The van der Waals surface area contributed by atoms with Crippen LogP contribution in [0.25, 0.3) is 5.65 Å². The number of fused-ring (bicyclic) bond motifs is 1. The van der Waals surface area contributed by atoms with Gasteiger partial charge in [0.15, 0.2) is 5.65 Å². The lowest BCUT2D eigenvalue weighted by Crippen LogP contribution is -2.33. The van der Waals surface area contributed by atoms with Crippen molar-refractivity contribution in [2.75, 3.05) is 26.5 Å². The third-order valence-electron chi connectivity index (χ3n) is 5.14. The molecule has 33 heavy (non-hydrogen) atoms. The number of hydrogen-bond donors (Lipinski definition) is 2. The Balaban J connectivity index is 2.78. The molecule has 0 aromatic carbocycles. The van der Waals surface area contributed by atoms with E-state index in [1.807, 2.05) is 0 Å². The van der Waals surface area contributed by atoms with E-state index >= 15 is 0 Å². The quantitative estimate of drug-likeness (QED) is 0.321. The van der Waals surface area contributed by atoms with E-state index in [0.717, 1.165) is 6.66 Å². The van der Waals surface area contributed by atoms with Gasteiger partial charge in [-0.05, 0) is 69.5 Å². The van der Waals surface area contributed by atoms with Gasteiger partial charge in [0.1, 0.15) is 0 Å². The van der Waals surface area contributed by atoms with Crippen molar-refractivity contribution < 1.29 is 37.1 Å². The molecular weight excluding hydrogens is 559 g/mol. The second-order valence-electron chi connectivity index (χ2n) is 7.44. The van der Waals surface area contributed by atoms with Crippen LogP contribution in [0.3, 0.4) is 0 Å². The number of nitrogens with zero attached hydrogens (tertiary/aromatic N) is 3. The van der Waals surface area contributed by atoms with Gasteiger partial charge < -0.3 is 23.4 Å². The largest absolute Gasteiger partial charge is 0.358 e. The van der Waals surface area contributed by atoms with E-state index < -0.39 is 33.6 Å². The van der Waals surface area contributed by atoms with Crippen molar-refractivity contribution in [2.24, 2.45) is 0 Å². The molecule has 0 bridgehead atoms. The minimum atomic E-state index is -5.41. The first-order valence-electron chi connectivity index (χ1n) is 10.4. The van der Waals surface area contributed by atoms with Gasteiger partial charge >= 0.3 is 15.2 Å². The Morgan fingerprint density at radius 3 is 2.09 bits per heavy atom. The van der Waals surface area contributed by atoms with E-state index in [1.165, 1.54) is 25.3 Å². The average Bonchev–Trinajstić information content (AvgIpc) is 2.95. The summed E-state index contributed by atoms with van der Waals surface area (Å²) in [6.07, 6.45) is -0.564. The summed E-state index contributed by atoms with van der Waals surface area (Å²) in [7, 11) is -14.3. The minimum Gasteiger partial charge on any atom is -0.328 e. The molecule has 15 heteroatoms. The lowest BCUT2D eigenvalue weighted by Gasteiger charge is -2.41. The Hall–Kier alpha value is -0.410. The van der Waals surface area contributed by atoms with Crippen molar-refractivity contribution in [3.8, 4) is 0 Å². The third-order valence-corrected chi connectivity index (χ3v) is 17.0. The molecule has 2 N–H and O–H groups in total. The van der Waals surface area contributed by atoms with Gasteiger partial charge in [-0.15, -0.1) is 0 Å². The maximum Gasteiger partial charge on any atom is 0.358 e. The zero-order valence-corrected chi connectivity index (χ0v) is 23.8. The fourth-order valence-electron chi connectivity index (χ4n) is 3.81. The number of hydrogen-bond acceptors (Lipinski definition) is 8. The molecule has 2 unspecified atom stereocenters. The summed E-state index contributed by atoms with van der Waals surface area (Å²) < 4.78 is 56.4. The molecule has 0 aliphatic carbocycles. The molecule has 0 spiro atoms. The molecule has 0 amide bonds. The molecule has 188 valence electrons. The van der Waals surface area contributed by atoms with E-state index in [4.69, 9.17) is 13.6 Å². The van der Waals surface area contributed by atoms with Crippen LogP contribution in [0.4, 0.5) is 0 Å². The zero-order chi connectivity index (χ0) is 25.2. The predicted molar refractivity (Wildman–Crippen MR) is 129 cm³/mol. The van der Waals surface area contributed by atoms with E-state index in [1.54, 1.807) is 19.9 Å². The number of halogens is 1. The third kappa shape index (κ3) is 5.25. The highest BCUT2D eigenvalue weighted by Gasteiger charge is 2.71. The molecule has 0 aliphatic rings. The summed E-state index contributed by atoms with van der Waals surface area (Å²) in [6.45, 7) is 8.72. The fourth-order valence-corrected chi connectivity index (χ4v) is 13.3. The summed E-state index contributed by atoms with van der Waals surface area (Å²) in [5.74, 6) is 0. The number of aromatic nitrogens is 3. The van der Waals surface area contributed by atoms with Crippen LogP contribution in [-0.2, 0) is 33.7 Å². The van der Waals surface area contributed by atoms with Gasteiger partial charge in [0.2, 0.25) is 12.0 Å². The smallest absolute Gasteiger partial charge is 0.328 e. The highest BCUT2D eigenvalue weighted by atomic mass is 79.9. The summed E-state index contributed by atoms with van der Waals surface area (Å²) >= 11 is 3.45. The molecule has 0 fully saturated rings. The first kappa shape index (κ1) is 28.8. The Morgan fingerprint density at radius 2 is 1.61 bits per heavy atom. The Labute approximate surface area is 201 Å². The first-order valence-corrected chi connectivity index (χ1v) is 16.4. The fraction of sp³-hybridized carbons (Fsp3) is 0.667. The average molecular weight is 590 g/mol. The van der Waals surface area contributed by atoms with E-state index in [2.05, 4.69) is 26.0 Å². The highest BCUT2D eigenvalue weighted by molar-refractivity contribution is 9.10. The van der Waals surface area contributed by atoms with Crippen LogP contribution in [-0.4, -0.2) is 55.5 Å². The Morgan fingerprint density at radius 1 is 1.06 bits per heavy atom. The first-order chi connectivity index (χ1) is 15.2.